The Balaban J connectivity index is 1.38. The molecule has 3 N–H and O–H groups in total. The second-order valence-corrected chi connectivity index (χ2v) is 19.4. The number of fused-ring (bicyclic) bond motifs is 2. The van der Waals surface area contributed by atoms with E-state index in [2.05, 4.69) is 51.1 Å². The van der Waals surface area contributed by atoms with Crippen LogP contribution in [0.4, 0.5) is 0 Å². The number of imide groups is 1. The third kappa shape index (κ3) is 6.74. The number of nitrogens with zero attached hydrogens (tertiary/aromatic N) is 1. The van der Waals surface area contributed by atoms with Gasteiger partial charge in [-0.25, -0.2) is 0 Å². The van der Waals surface area contributed by atoms with Gasteiger partial charge < -0.3 is 19.7 Å². The standard InChI is InChI=1S/C43H49NO6Si/c1-28(24-29-21-23-37(46)34-19-13-12-18-33(29)34)20-22-38(47)39-30(25-35-40(36(39)26-45)42(49)44(5)41(35)48)27-50-51(43(2,3)4,31-14-8-6-9-15-31)32-16-10-7-11-17-32/h6-19,21,23-24,35-36,38,40,45-47H,20,22,25-27H2,1-5H3/b28-24+/t35-,36+,38-,40-/m1/s1. The molecule has 1 heterocycles. The van der Waals surface area contributed by atoms with E-state index in [0.717, 1.165) is 37.9 Å². The largest absolute Gasteiger partial charge is 0.507 e. The molecule has 1 aliphatic heterocycles. The summed E-state index contributed by atoms with van der Waals surface area (Å²) in [5.74, 6) is -2.38. The number of allylic oxidation sites excluding steroid dienone is 1. The number of aliphatic hydroxyl groups excluding tert-OH is 2. The summed E-state index contributed by atoms with van der Waals surface area (Å²) in [5, 5.41) is 37.0. The van der Waals surface area contributed by atoms with E-state index in [1.54, 1.807) is 6.07 Å². The summed E-state index contributed by atoms with van der Waals surface area (Å²) in [6, 6.07) is 31.9. The summed E-state index contributed by atoms with van der Waals surface area (Å²) < 4.78 is 7.32. The Labute approximate surface area is 302 Å². The molecule has 0 saturated carbocycles. The van der Waals surface area contributed by atoms with Crippen molar-refractivity contribution in [3.8, 4) is 5.75 Å². The molecule has 2 aliphatic rings. The summed E-state index contributed by atoms with van der Waals surface area (Å²) in [5.41, 5.74) is 3.42. The van der Waals surface area contributed by atoms with E-state index in [0.29, 0.717) is 18.4 Å². The number of likely N-dealkylation sites (tertiary alicyclic amines) is 1. The van der Waals surface area contributed by atoms with Gasteiger partial charge in [-0.2, -0.15) is 0 Å². The van der Waals surface area contributed by atoms with Crippen LogP contribution in [0.5, 0.6) is 5.75 Å². The van der Waals surface area contributed by atoms with E-state index >= 15 is 0 Å². The summed E-state index contributed by atoms with van der Waals surface area (Å²) >= 11 is 0. The first kappa shape index (κ1) is 36.4. The minimum absolute atomic E-state index is 0.166. The second-order valence-electron chi connectivity index (χ2n) is 15.1. The molecule has 0 radical (unpaired) electrons. The van der Waals surface area contributed by atoms with Crippen molar-refractivity contribution in [3.05, 3.63) is 119 Å². The normalized spacial score (nSPS) is 20.6. The molecule has 7 nitrogen and oxygen atoms in total. The monoisotopic (exact) mass is 703 g/mol. The van der Waals surface area contributed by atoms with Crippen LogP contribution in [0.1, 0.15) is 52.5 Å². The SMILES string of the molecule is C/C(=C\c1ccc(O)c2ccccc12)CC[C@@H](O)C1=C(CO[Si](c2ccccc2)(c2ccccc2)C(C)(C)C)C[C@H]2C(=O)N(C)C(=O)[C@H]2[C@H]1CO. The average molecular weight is 704 g/mol. The number of carbonyl (C=O) groups excluding carboxylic acids is 2. The van der Waals surface area contributed by atoms with Crippen LogP contribution in [-0.4, -0.2) is 66.7 Å². The Bertz CT molecular complexity index is 1930. The first-order valence-corrected chi connectivity index (χ1v) is 19.7. The number of carbonyl (C=O) groups is 2. The van der Waals surface area contributed by atoms with E-state index < -0.39 is 32.2 Å². The number of aliphatic hydroxyl groups is 2. The molecule has 8 heteroatoms. The Morgan fingerprint density at radius 1 is 0.902 bits per heavy atom. The van der Waals surface area contributed by atoms with Crippen molar-refractivity contribution in [2.24, 2.45) is 17.8 Å². The minimum atomic E-state index is -2.98. The van der Waals surface area contributed by atoms with Crippen LogP contribution in [0.25, 0.3) is 16.8 Å². The van der Waals surface area contributed by atoms with Crippen molar-refractivity contribution in [2.75, 3.05) is 20.3 Å². The lowest BCUT2D eigenvalue weighted by molar-refractivity contribution is -0.138. The van der Waals surface area contributed by atoms with E-state index in [4.69, 9.17) is 4.43 Å². The number of hydrogen-bond acceptors (Lipinski definition) is 6. The third-order valence-electron chi connectivity index (χ3n) is 11.0. The predicted molar refractivity (Wildman–Crippen MR) is 205 cm³/mol. The van der Waals surface area contributed by atoms with E-state index in [-0.39, 0.29) is 42.2 Å². The zero-order valence-electron chi connectivity index (χ0n) is 30.2. The highest BCUT2D eigenvalue weighted by atomic mass is 28.4. The van der Waals surface area contributed by atoms with Crippen LogP contribution in [-0.2, 0) is 14.0 Å². The number of benzene rings is 4. The van der Waals surface area contributed by atoms with Gasteiger partial charge in [0.15, 0.2) is 0 Å². The van der Waals surface area contributed by atoms with Crippen LogP contribution < -0.4 is 10.4 Å². The Kier molecular flexibility index (Phi) is 10.5. The zero-order valence-corrected chi connectivity index (χ0v) is 31.2. The van der Waals surface area contributed by atoms with Gasteiger partial charge in [0.25, 0.3) is 8.32 Å². The molecule has 1 aliphatic carbocycles. The highest BCUT2D eigenvalue weighted by Gasteiger charge is 2.55. The van der Waals surface area contributed by atoms with Gasteiger partial charge in [0, 0.05) is 18.4 Å². The lowest BCUT2D eigenvalue weighted by Gasteiger charge is -2.44. The van der Waals surface area contributed by atoms with Crippen molar-refractivity contribution in [1.82, 2.24) is 4.90 Å². The minimum Gasteiger partial charge on any atom is -0.507 e. The fourth-order valence-electron chi connectivity index (χ4n) is 8.50. The molecule has 1 saturated heterocycles. The molecule has 0 bridgehead atoms. The Morgan fingerprint density at radius 3 is 2.08 bits per heavy atom. The summed E-state index contributed by atoms with van der Waals surface area (Å²) in [4.78, 5) is 28.1. The van der Waals surface area contributed by atoms with Gasteiger partial charge in [-0.15, -0.1) is 0 Å². The third-order valence-corrected chi connectivity index (χ3v) is 16.0. The molecule has 266 valence electrons. The highest BCUT2D eigenvalue weighted by Crippen LogP contribution is 2.47. The van der Waals surface area contributed by atoms with Crippen LogP contribution >= 0.6 is 0 Å². The maximum Gasteiger partial charge on any atom is 0.261 e. The zero-order chi connectivity index (χ0) is 36.5. The smallest absolute Gasteiger partial charge is 0.261 e. The molecule has 4 aromatic carbocycles. The van der Waals surface area contributed by atoms with E-state index in [1.807, 2.05) is 73.7 Å². The molecular formula is C43H49NO6Si. The molecule has 51 heavy (non-hydrogen) atoms. The van der Waals surface area contributed by atoms with Gasteiger partial charge in [0.05, 0.1) is 31.2 Å². The average Bonchev–Trinajstić information content (AvgIpc) is 3.35. The van der Waals surface area contributed by atoms with Crippen LogP contribution in [0.2, 0.25) is 5.04 Å². The quantitative estimate of drug-likeness (QED) is 0.0976. The molecule has 4 atom stereocenters. The Morgan fingerprint density at radius 2 is 1.49 bits per heavy atom. The number of phenolic OH excluding ortho intramolecular Hbond substituents is 1. The lowest BCUT2D eigenvalue weighted by Crippen LogP contribution is -2.66. The maximum absolute atomic E-state index is 13.5. The molecule has 0 unspecified atom stereocenters. The second kappa shape index (κ2) is 14.7. The fourth-order valence-corrected chi connectivity index (χ4v) is 13.0. The first-order chi connectivity index (χ1) is 24.4. The number of aromatic hydroxyl groups is 1. The van der Waals surface area contributed by atoms with Gasteiger partial charge in [-0.3, -0.25) is 14.5 Å². The molecule has 0 aromatic heterocycles. The Hall–Kier alpha value is -4.34. The fraction of sp³-hybridized carbons (Fsp3) is 0.349. The van der Waals surface area contributed by atoms with Gasteiger partial charge in [0.1, 0.15) is 5.75 Å². The highest BCUT2D eigenvalue weighted by molar-refractivity contribution is 6.99. The van der Waals surface area contributed by atoms with E-state index in [9.17, 15) is 24.9 Å². The van der Waals surface area contributed by atoms with E-state index in [1.165, 1.54) is 11.9 Å². The molecule has 4 aromatic rings. The molecule has 1 fully saturated rings. The number of phenols is 1. The molecule has 6 rings (SSSR count). The number of rotatable bonds is 11. The van der Waals surface area contributed by atoms with Crippen LogP contribution in [0.15, 0.2) is 114 Å². The molecule has 2 amide bonds. The topological polar surface area (TPSA) is 107 Å². The predicted octanol–water partition coefficient (Wildman–Crippen LogP) is 6.21. The lowest BCUT2D eigenvalue weighted by atomic mass is 9.68. The van der Waals surface area contributed by atoms with Crippen molar-refractivity contribution in [2.45, 2.75) is 58.1 Å². The summed E-state index contributed by atoms with van der Waals surface area (Å²) in [6.07, 6.45) is 2.32. The van der Waals surface area contributed by atoms with Crippen molar-refractivity contribution >= 4 is 47.4 Å². The molecule has 0 spiro atoms. The summed E-state index contributed by atoms with van der Waals surface area (Å²) in [7, 11) is -1.47. The van der Waals surface area contributed by atoms with Gasteiger partial charge in [-0.05, 0) is 69.8 Å². The van der Waals surface area contributed by atoms with Gasteiger partial charge in [0.2, 0.25) is 11.8 Å². The number of amides is 2. The van der Waals surface area contributed by atoms with Crippen molar-refractivity contribution in [3.63, 3.8) is 0 Å². The van der Waals surface area contributed by atoms with Crippen LogP contribution in [0.3, 0.4) is 0 Å². The summed E-state index contributed by atoms with van der Waals surface area (Å²) in [6.45, 7) is 8.44. The first-order valence-electron chi connectivity index (χ1n) is 17.8. The van der Waals surface area contributed by atoms with Crippen LogP contribution in [0, 0.1) is 17.8 Å². The van der Waals surface area contributed by atoms with Gasteiger partial charge in [-0.1, -0.05) is 123 Å². The maximum atomic E-state index is 13.5. The van der Waals surface area contributed by atoms with Crippen molar-refractivity contribution < 1.29 is 29.3 Å². The van der Waals surface area contributed by atoms with Gasteiger partial charge >= 0.3 is 0 Å². The molecular weight excluding hydrogens is 655 g/mol. The van der Waals surface area contributed by atoms with Crippen molar-refractivity contribution in [1.29, 1.82) is 0 Å². The number of hydrogen-bond donors (Lipinski definition) is 3.